The van der Waals surface area contributed by atoms with E-state index >= 15 is 0 Å². The van der Waals surface area contributed by atoms with E-state index in [1.54, 1.807) is 6.08 Å². The largest absolute Gasteiger partial charge is 0.0991 e. The van der Waals surface area contributed by atoms with Crippen molar-refractivity contribution < 1.29 is 0 Å². The molecule has 0 saturated carbocycles. The first kappa shape index (κ1) is 14.7. The number of hydrogen-bond acceptors (Lipinski definition) is 0. The highest BCUT2D eigenvalue weighted by atomic mass is 14.1. The van der Waals surface area contributed by atoms with Gasteiger partial charge in [0.15, 0.2) is 0 Å². The minimum Gasteiger partial charge on any atom is -0.0991 e. The molecule has 0 aromatic heterocycles. The Kier molecular flexibility index (Phi) is 5.56. The van der Waals surface area contributed by atoms with E-state index in [-0.39, 0.29) is 0 Å². The molecule has 1 aromatic rings. The van der Waals surface area contributed by atoms with Crippen LogP contribution in [0.4, 0.5) is 0 Å². The van der Waals surface area contributed by atoms with E-state index in [9.17, 15) is 0 Å². The predicted molar refractivity (Wildman–Crippen MR) is 86.9 cm³/mol. The normalized spacial score (nSPS) is 11.3. The van der Waals surface area contributed by atoms with E-state index in [1.165, 1.54) is 0 Å². The van der Waals surface area contributed by atoms with Gasteiger partial charge >= 0.3 is 0 Å². The molecule has 1 rings (SSSR count). The molecule has 0 aliphatic carbocycles. The molecule has 0 unspecified atom stereocenters. The van der Waals surface area contributed by atoms with Crippen molar-refractivity contribution >= 4 is 5.57 Å². The van der Waals surface area contributed by atoms with Crippen molar-refractivity contribution in [2.24, 2.45) is 0 Å². The number of benzene rings is 1. The molecule has 19 heavy (non-hydrogen) atoms. The number of hydrogen-bond donors (Lipinski definition) is 0. The highest BCUT2D eigenvalue weighted by molar-refractivity contribution is 5.80. The van der Waals surface area contributed by atoms with Crippen molar-refractivity contribution in [1.82, 2.24) is 0 Å². The second kappa shape index (κ2) is 7.17. The summed E-state index contributed by atoms with van der Waals surface area (Å²) < 4.78 is 0. The van der Waals surface area contributed by atoms with Crippen LogP contribution in [0, 0.1) is 0 Å². The van der Waals surface area contributed by atoms with Gasteiger partial charge in [0, 0.05) is 0 Å². The van der Waals surface area contributed by atoms with E-state index in [0.717, 1.165) is 27.9 Å². The molecule has 96 valence electrons. The van der Waals surface area contributed by atoms with E-state index in [2.05, 4.69) is 38.4 Å². The van der Waals surface area contributed by atoms with Crippen LogP contribution in [-0.2, 0) is 0 Å². The van der Waals surface area contributed by atoms with Gasteiger partial charge in [0.25, 0.3) is 0 Å². The summed E-state index contributed by atoms with van der Waals surface area (Å²) in [4.78, 5) is 0. The van der Waals surface area contributed by atoms with Crippen LogP contribution in [0.15, 0.2) is 97.7 Å². The van der Waals surface area contributed by atoms with Gasteiger partial charge in [0.05, 0.1) is 0 Å². The Balaban J connectivity index is 3.07. The third kappa shape index (κ3) is 4.44. The molecule has 0 spiro atoms. The molecule has 0 fully saturated rings. The van der Waals surface area contributed by atoms with Gasteiger partial charge in [-0.2, -0.15) is 0 Å². The predicted octanol–water partition coefficient (Wildman–Crippen LogP) is 5.50. The summed E-state index contributed by atoms with van der Waals surface area (Å²) in [5.41, 5.74) is 4.97. The van der Waals surface area contributed by atoms with Crippen LogP contribution in [0.2, 0.25) is 0 Å². The van der Waals surface area contributed by atoms with Crippen molar-refractivity contribution in [2.75, 3.05) is 0 Å². The second-order valence-corrected chi connectivity index (χ2v) is 4.35. The first-order chi connectivity index (χ1) is 9.06. The number of allylic oxidation sites excluding steroid dienone is 8. The molecule has 0 nitrogen and oxygen atoms in total. The summed E-state index contributed by atoms with van der Waals surface area (Å²) in [6.45, 7) is 17.7. The van der Waals surface area contributed by atoms with Crippen LogP contribution in [0.25, 0.3) is 5.57 Å². The van der Waals surface area contributed by atoms with Crippen LogP contribution in [0.5, 0.6) is 0 Å². The lowest BCUT2D eigenvalue weighted by molar-refractivity contribution is 1.49. The molecule has 0 radical (unpaired) electrons. The molecule has 0 atom stereocenters. The maximum Gasteiger partial charge on any atom is -0.0155 e. The van der Waals surface area contributed by atoms with Crippen LogP contribution in [0.3, 0.4) is 0 Å². The lowest BCUT2D eigenvalue weighted by Gasteiger charge is -2.09. The van der Waals surface area contributed by atoms with Crippen molar-refractivity contribution in [3.8, 4) is 0 Å². The Morgan fingerprint density at radius 1 is 1.00 bits per heavy atom. The molecular weight excluding hydrogens is 228 g/mol. The molecule has 0 saturated heterocycles. The quantitative estimate of drug-likeness (QED) is 0.583. The molecule has 0 N–H and O–H groups in total. The Hall–Kier alpha value is -2.34. The highest BCUT2D eigenvalue weighted by Crippen LogP contribution is 2.24. The fraction of sp³-hybridized carbons (Fsp3) is 0.0526. The Labute approximate surface area is 116 Å². The first-order valence-corrected chi connectivity index (χ1v) is 6.16. The molecule has 0 bridgehead atoms. The third-order valence-electron chi connectivity index (χ3n) is 2.71. The van der Waals surface area contributed by atoms with Crippen LogP contribution < -0.4 is 0 Å². The van der Waals surface area contributed by atoms with E-state index in [4.69, 9.17) is 0 Å². The smallest absolute Gasteiger partial charge is 0.0155 e. The zero-order chi connectivity index (χ0) is 14.3. The van der Waals surface area contributed by atoms with E-state index in [0.29, 0.717) is 0 Å². The zero-order valence-electron chi connectivity index (χ0n) is 11.5. The maximum atomic E-state index is 4.05. The lowest BCUT2D eigenvalue weighted by Crippen LogP contribution is -1.88. The van der Waals surface area contributed by atoms with Gasteiger partial charge in [-0.1, -0.05) is 80.4 Å². The zero-order valence-corrected chi connectivity index (χ0v) is 11.5. The molecule has 0 aliphatic heterocycles. The molecule has 0 aliphatic rings. The van der Waals surface area contributed by atoms with Gasteiger partial charge in [-0.15, -0.1) is 0 Å². The van der Waals surface area contributed by atoms with Crippen molar-refractivity contribution in [1.29, 1.82) is 0 Å². The molecule has 0 heterocycles. The minimum atomic E-state index is 0.870. The lowest BCUT2D eigenvalue weighted by atomic mass is 9.96. The minimum absolute atomic E-state index is 0.870. The molecule has 1 aromatic carbocycles. The SMILES string of the molecule is C=C/C=C\C(=C)C(=C)/C=C(\C(=C)C)c1ccccc1. The summed E-state index contributed by atoms with van der Waals surface area (Å²) in [6, 6.07) is 10.2. The monoisotopic (exact) mass is 248 g/mol. The maximum absolute atomic E-state index is 4.05. The third-order valence-corrected chi connectivity index (χ3v) is 2.71. The van der Waals surface area contributed by atoms with Crippen LogP contribution in [0.1, 0.15) is 12.5 Å². The van der Waals surface area contributed by atoms with Crippen LogP contribution >= 0.6 is 0 Å². The topological polar surface area (TPSA) is 0 Å². The highest BCUT2D eigenvalue weighted by Gasteiger charge is 2.03. The summed E-state index contributed by atoms with van der Waals surface area (Å²) in [6.07, 6.45) is 7.49. The fourth-order valence-corrected chi connectivity index (χ4v) is 1.63. The Morgan fingerprint density at radius 3 is 2.16 bits per heavy atom. The first-order valence-electron chi connectivity index (χ1n) is 6.16. The van der Waals surface area contributed by atoms with E-state index in [1.807, 2.05) is 43.4 Å². The van der Waals surface area contributed by atoms with Crippen molar-refractivity contribution in [3.05, 3.63) is 103 Å². The average molecular weight is 248 g/mol. The summed E-state index contributed by atoms with van der Waals surface area (Å²) >= 11 is 0. The van der Waals surface area contributed by atoms with Gasteiger partial charge in [0.2, 0.25) is 0 Å². The van der Waals surface area contributed by atoms with E-state index < -0.39 is 0 Å². The molecular formula is C19H20. The Bertz CT molecular complexity index is 551. The van der Waals surface area contributed by atoms with Crippen molar-refractivity contribution in [3.63, 3.8) is 0 Å². The number of rotatable bonds is 6. The fourth-order valence-electron chi connectivity index (χ4n) is 1.63. The van der Waals surface area contributed by atoms with Gasteiger partial charge in [-0.3, -0.25) is 0 Å². The standard InChI is InChI=1S/C19H20/c1-6-7-11-16(4)17(5)14-19(15(2)3)18-12-9-8-10-13-18/h6-14H,1-2,4-5H2,3H3/b11-7-,19-14+. The Morgan fingerprint density at radius 2 is 1.63 bits per heavy atom. The molecule has 0 amide bonds. The van der Waals surface area contributed by atoms with Crippen LogP contribution in [-0.4, -0.2) is 0 Å². The average Bonchev–Trinajstić information content (AvgIpc) is 2.42. The molecule has 0 heteroatoms. The van der Waals surface area contributed by atoms with Gasteiger partial charge in [-0.05, 0) is 35.3 Å². The van der Waals surface area contributed by atoms with Gasteiger partial charge in [0.1, 0.15) is 0 Å². The second-order valence-electron chi connectivity index (χ2n) is 4.35. The van der Waals surface area contributed by atoms with Crippen molar-refractivity contribution in [2.45, 2.75) is 6.92 Å². The summed E-state index contributed by atoms with van der Waals surface area (Å²) in [7, 11) is 0. The van der Waals surface area contributed by atoms with Gasteiger partial charge in [-0.25, -0.2) is 0 Å². The van der Waals surface area contributed by atoms with Gasteiger partial charge < -0.3 is 0 Å². The summed E-state index contributed by atoms with van der Waals surface area (Å²) in [5.74, 6) is 0. The summed E-state index contributed by atoms with van der Waals surface area (Å²) in [5, 5.41) is 0.